The van der Waals surface area contributed by atoms with Gasteiger partial charge in [0.15, 0.2) is 0 Å². The molecule has 0 fully saturated rings. The fourth-order valence-electron chi connectivity index (χ4n) is 1.10. The van der Waals surface area contributed by atoms with Crippen molar-refractivity contribution in [3.05, 3.63) is 35.6 Å². The maximum atomic E-state index is 13.1. The van der Waals surface area contributed by atoms with Crippen LogP contribution in [0.25, 0.3) is 0 Å². The Morgan fingerprint density at radius 1 is 1.47 bits per heavy atom. The van der Waals surface area contributed by atoms with Crippen LogP contribution in [0.15, 0.2) is 24.3 Å². The van der Waals surface area contributed by atoms with Gasteiger partial charge in [0.2, 0.25) is 0 Å². The van der Waals surface area contributed by atoms with E-state index in [0.29, 0.717) is 5.56 Å². The van der Waals surface area contributed by atoms with Crippen LogP contribution in [0.4, 0.5) is 4.39 Å². The second kappa shape index (κ2) is 5.43. The van der Waals surface area contributed by atoms with Crippen LogP contribution in [0.2, 0.25) is 0 Å². The molecule has 1 atom stereocenters. The third-order valence-electron chi connectivity index (χ3n) is 1.98. The van der Waals surface area contributed by atoms with E-state index in [4.69, 9.17) is 10.2 Å². The Bertz CT molecular complexity index is 343. The Hall–Kier alpha value is -1.46. The normalized spacial score (nSPS) is 12.4. The highest BCUT2D eigenvalue weighted by molar-refractivity contribution is 5.73. The average Bonchev–Trinajstić information content (AvgIpc) is 2.21. The zero-order chi connectivity index (χ0) is 11.3. The van der Waals surface area contributed by atoms with Gasteiger partial charge in [-0.15, -0.1) is 0 Å². The second-order valence-corrected chi connectivity index (χ2v) is 3.05. The molecule has 1 unspecified atom stereocenters. The number of benzene rings is 1. The van der Waals surface area contributed by atoms with Crippen molar-refractivity contribution in [3.8, 4) is 0 Å². The molecular formula is C10H12FNO3. The van der Waals surface area contributed by atoms with Gasteiger partial charge in [0.05, 0.1) is 6.61 Å². The molecule has 5 heteroatoms. The van der Waals surface area contributed by atoms with Gasteiger partial charge >= 0.3 is 5.97 Å². The van der Waals surface area contributed by atoms with E-state index in [2.05, 4.69) is 5.32 Å². The van der Waals surface area contributed by atoms with Crippen LogP contribution in [-0.4, -0.2) is 28.8 Å². The third-order valence-corrected chi connectivity index (χ3v) is 1.98. The molecule has 0 amide bonds. The Labute approximate surface area is 86.4 Å². The Kier molecular flexibility index (Phi) is 4.20. The van der Waals surface area contributed by atoms with E-state index in [9.17, 15) is 9.18 Å². The Balaban J connectivity index is 2.56. The van der Waals surface area contributed by atoms with Crippen LogP contribution >= 0.6 is 0 Å². The molecule has 4 nitrogen and oxygen atoms in total. The van der Waals surface area contributed by atoms with Crippen molar-refractivity contribution < 1.29 is 19.4 Å². The summed E-state index contributed by atoms with van der Waals surface area (Å²) in [5, 5.41) is 19.8. The molecule has 1 aromatic carbocycles. The number of aliphatic carboxylic acids is 1. The highest BCUT2D eigenvalue weighted by Gasteiger charge is 2.15. The van der Waals surface area contributed by atoms with Crippen molar-refractivity contribution in [2.45, 2.75) is 12.6 Å². The Morgan fingerprint density at radius 3 is 2.67 bits per heavy atom. The number of carboxylic acids is 1. The van der Waals surface area contributed by atoms with E-state index >= 15 is 0 Å². The molecule has 0 aromatic heterocycles. The van der Waals surface area contributed by atoms with Gasteiger partial charge in [-0.1, -0.05) is 18.2 Å². The molecule has 0 saturated heterocycles. The lowest BCUT2D eigenvalue weighted by atomic mass is 10.2. The van der Waals surface area contributed by atoms with Crippen molar-refractivity contribution in [2.24, 2.45) is 0 Å². The molecule has 0 radical (unpaired) electrons. The summed E-state index contributed by atoms with van der Waals surface area (Å²) >= 11 is 0. The first kappa shape index (κ1) is 11.6. The van der Waals surface area contributed by atoms with Crippen molar-refractivity contribution >= 4 is 5.97 Å². The van der Waals surface area contributed by atoms with E-state index in [0.717, 1.165) is 0 Å². The Morgan fingerprint density at radius 2 is 2.13 bits per heavy atom. The first-order chi connectivity index (χ1) is 7.15. The molecule has 3 N–H and O–H groups in total. The van der Waals surface area contributed by atoms with E-state index in [1.807, 2.05) is 0 Å². The molecule has 1 rings (SSSR count). The van der Waals surface area contributed by atoms with Gasteiger partial charge in [-0.05, 0) is 6.07 Å². The molecule has 0 saturated carbocycles. The molecular weight excluding hydrogens is 201 g/mol. The molecule has 0 bridgehead atoms. The van der Waals surface area contributed by atoms with Gasteiger partial charge in [0.25, 0.3) is 0 Å². The van der Waals surface area contributed by atoms with Gasteiger partial charge in [-0.2, -0.15) is 0 Å². The number of halogens is 1. The lowest BCUT2D eigenvalue weighted by Gasteiger charge is -2.11. The minimum atomic E-state index is -1.16. The average molecular weight is 213 g/mol. The van der Waals surface area contributed by atoms with Crippen molar-refractivity contribution in [1.29, 1.82) is 0 Å². The van der Waals surface area contributed by atoms with Crippen molar-refractivity contribution in [3.63, 3.8) is 0 Å². The summed E-state index contributed by atoms with van der Waals surface area (Å²) in [6, 6.07) is 5.00. The van der Waals surface area contributed by atoms with E-state index in [1.165, 1.54) is 6.07 Å². The summed E-state index contributed by atoms with van der Waals surface area (Å²) in [6.45, 7) is -0.450. The standard InChI is InChI=1S/C10H12FNO3/c11-8-4-2-1-3-7(8)5-12-9(6-13)10(14)15/h1-4,9,12-13H,5-6H2,(H,14,15). The summed E-state index contributed by atoms with van der Waals surface area (Å²) in [6.07, 6.45) is 0. The SMILES string of the molecule is O=C(O)C(CO)NCc1ccccc1F. The number of nitrogens with one attached hydrogen (secondary N) is 1. The van der Waals surface area contributed by atoms with E-state index < -0.39 is 24.4 Å². The van der Waals surface area contributed by atoms with Crippen LogP contribution in [0.1, 0.15) is 5.56 Å². The zero-order valence-electron chi connectivity index (χ0n) is 7.98. The number of carbonyl (C=O) groups is 1. The van der Waals surface area contributed by atoms with Crippen LogP contribution in [0.5, 0.6) is 0 Å². The summed E-state index contributed by atoms with van der Waals surface area (Å²) in [4.78, 5) is 10.5. The summed E-state index contributed by atoms with van der Waals surface area (Å²) < 4.78 is 13.1. The highest BCUT2D eigenvalue weighted by Crippen LogP contribution is 2.05. The van der Waals surface area contributed by atoms with E-state index in [1.54, 1.807) is 18.2 Å². The summed E-state index contributed by atoms with van der Waals surface area (Å²) in [7, 11) is 0. The molecule has 0 heterocycles. The maximum Gasteiger partial charge on any atom is 0.323 e. The van der Waals surface area contributed by atoms with Gasteiger partial charge in [-0.3, -0.25) is 10.1 Å². The second-order valence-electron chi connectivity index (χ2n) is 3.05. The minimum absolute atomic E-state index is 0.0736. The number of aliphatic hydroxyl groups excluding tert-OH is 1. The largest absolute Gasteiger partial charge is 0.480 e. The predicted octanol–water partition coefficient (Wildman–Crippen LogP) is 0.361. The van der Waals surface area contributed by atoms with Crippen LogP contribution in [0, 0.1) is 5.82 Å². The fourth-order valence-corrected chi connectivity index (χ4v) is 1.10. The summed E-state index contributed by atoms with van der Waals surface area (Å²) in [5.41, 5.74) is 0.372. The minimum Gasteiger partial charge on any atom is -0.480 e. The van der Waals surface area contributed by atoms with Gasteiger partial charge < -0.3 is 10.2 Å². The van der Waals surface area contributed by atoms with Gasteiger partial charge in [-0.25, -0.2) is 4.39 Å². The number of hydrogen-bond acceptors (Lipinski definition) is 3. The van der Waals surface area contributed by atoms with Crippen LogP contribution < -0.4 is 5.32 Å². The molecule has 82 valence electrons. The first-order valence-electron chi connectivity index (χ1n) is 4.45. The number of carboxylic acid groups (broad SMARTS) is 1. The van der Waals surface area contributed by atoms with Crippen LogP contribution in [0.3, 0.4) is 0 Å². The monoisotopic (exact) mass is 213 g/mol. The molecule has 1 aromatic rings. The topological polar surface area (TPSA) is 69.6 Å². The molecule has 0 aliphatic heterocycles. The van der Waals surface area contributed by atoms with Crippen molar-refractivity contribution in [1.82, 2.24) is 5.32 Å². The predicted molar refractivity (Wildman–Crippen MR) is 51.7 cm³/mol. The molecule has 15 heavy (non-hydrogen) atoms. The van der Waals surface area contributed by atoms with Gasteiger partial charge in [0, 0.05) is 12.1 Å². The maximum absolute atomic E-state index is 13.1. The quantitative estimate of drug-likeness (QED) is 0.660. The molecule has 0 spiro atoms. The third kappa shape index (κ3) is 3.30. The van der Waals surface area contributed by atoms with Gasteiger partial charge in [0.1, 0.15) is 11.9 Å². The zero-order valence-corrected chi connectivity index (χ0v) is 7.98. The number of hydrogen-bond donors (Lipinski definition) is 3. The summed E-state index contributed by atoms with van der Waals surface area (Å²) in [5.74, 6) is -1.55. The lowest BCUT2D eigenvalue weighted by molar-refractivity contribution is -0.140. The van der Waals surface area contributed by atoms with Crippen LogP contribution in [-0.2, 0) is 11.3 Å². The first-order valence-corrected chi connectivity index (χ1v) is 4.45. The number of rotatable bonds is 5. The molecule has 0 aliphatic carbocycles. The smallest absolute Gasteiger partial charge is 0.323 e. The van der Waals surface area contributed by atoms with Crippen molar-refractivity contribution in [2.75, 3.05) is 6.61 Å². The lowest BCUT2D eigenvalue weighted by Crippen LogP contribution is -2.39. The van der Waals surface area contributed by atoms with E-state index in [-0.39, 0.29) is 6.54 Å². The number of aliphatic hydroxyl groups is 1. The molecule has 0 aliphatic rings. The highest BCUT2D eigenvalue weighted by atomic mass is 19.1. The fraction of sp³-hybridized carbons (Fsp3) is 0.300.